The lowest BCUT2D eigenvalue weighted by atomic mass is 9.48. The Hall–Kier alpha value is -1.63. The van der Waals surface area contributed by atoms with Gasteiger partial charge in [-0.15, -0.1) is 0 Å². The van der Waals surface area contributed by atoms with Crippen molar-refractivity contribution < 1.29 is 13.6 Å². The average molecular weight is 406 g/mol. The number of nitrogens with zero attached hydrogens (tertiary/aromatic N) is 2. The van der Waals surface area contributed by atoms with Gasteiger partial charge in [0, 0.05) is 11.8 Å². The van der Waals surface area contributed by atoms with Crippen LogP contribution in [0.5, 0.6) is 0 Å². The van der Waals surface area contributed by atoms with Crippen molar-refractivity contribution in [2.45, 2.75) is 52.9 Å². The number of allylic oxidation sites excluding steroid dienone is 4. The van der Waals surface area contributed by atoms with E-state index in [1.165, 1.54) is 25.7 Å². The van der Waals surface area contributed by atoms with Gasteiger partial charge in [-0.3, -0.25) is 0 Å². The molecule has 0 heterocycles. The van der Waals surface area contributed by atoms with Crippen LogP contribution in [0.2, 0.25) is 0 Å². The first-order valence-electron chi connectivity index (χ1n) is 10.2. The van der Waals surface area contributed by atoms with Gasteiger partial charge in [-0.1, -0.05) is 38.1 Å². The van der Waals surface area contributed by atoms with Crippen molar-refractivity contribution in [3.63, 3.8) is 0 Å². The second kappa shape index (κ2) is 6.44. The minimum absolute atomic E-state index is 0.113. The number of hydrazone groups is 1. The van der Waals surface area contributed by atoms with Crippen LogP contribution in [0.4, 0.5) is 0 Å². The van der Waals surface area contributed by atoms with Crippen molar-refractivity contribution in [1.29, 1.82) is 0 Å². The van der Waals surface area contributed by atoms with E-state index in [1.54, 1.807) is 0 Å². The Morgan fingerprint density at radius 1 is 1.21 bits per heavy atom. The summed E-state index contributed by atoms with van der Waals surface area (Å²) in [6.45, 7) is 7.16. The van der Waals surface area contributed by atoms with Crippen molar-refractivity contribution in [2.24, 2.45) is 44.8 Å². The molecule has 0 amide bonds. The van der Waals surface area contributed by atoms with Crippen LogP contribution in [0.3, 0.4) is 0 Å². The molecule has 28 heavy (non-hydrogen) atoms. The van der Waals surface area contributed by atoms with E-state index in [-0.39, 0.29) is 5.41 Å². The maximum Gasteiger partial charge on any atom is 0.244 e. The minimum Gasteiger partial charge on any atom is -0.411 e. The Morgan fingerprint density at radius 2 is 1.96 bits per heavy atom. The molecule has 0 bridgehead atoms. The van der Waals surface area contributed by atoms with Crippen LogP contribution in [0.15, 0.2) is 34.1 Å². The number of nitrogens with one attached hydrogen (secondary N) is 1. The largest absolute Gasteiger partial charge is 0.411 e. The summed E-state index contributed by atoms with van der Waals surface area (Å²) in [6, 6.07) is 0. The SMILES string of the molecule is C[C@H]1CC[C@H]2[C@@H]3C=CC4=CC(=NNS(C)(=O)=O)C(=NO)C[C@]4(C)[C@H]3CC[C@]12C. The summed E-state index contributed by atoms with van der Waals surface area (Å²) < 4.78 is 22.8. The first-order valence-corrected chi connectivity index (χ1v) is 12.1. The van der Waals surface area contributed by atoms with Crippen LogP contribution in [0.1, 0.15) is 52.9 Å². The lowest BCUT2D eigenvalue weighted by Crippen LogP contribution is -2.50. The first kappa shape index (κ1) is 19.7. The third-order valence-electron chi connectivity index (χ3n) is 8.36. The van der Waals surface area contributed by atoms with Crippen LogP contribution in [-0.4, -0.2) is 31.3 Å². The lowest BCUT2D eigenvalue weighted by molar-refractivity contribution is -0.00502. The van der Waals surface area contributed by atoms with Gasteiger partial charge >= 0.3 is 0 Å². The zero-order valence-electron chi connectivity index (χ0n) is 17.1. The van der Waals surface area contributed by atoms with Gasteiger partial charge in [0.05, 0.1) is 6.26 Å². The van der Waals surface area contributed by atoms with Gasteiger partial charge in [-0.05, 0) is 66.4 Å². The third-order valence-corrected chi connectivity index (χ3v) is 8.78. The molecular formula is C21H31N3O3S. The molecular weight excluding hydrogens is 374 g/mol. The molecule has 0 saturated heterocycles. The molecule has 2 saturated carbocycles. The van der Waals surface area contributed by atoms with Crippen LogP contribution >= 0.6 is 0 Å². The zero-order valence-corrected chi connectivity index (χ0v) is 18.0. The molecule has 2 fully saturated rings. The van der Waals surface area contributed by atoms with Gasteiger partial charge in [-0.2, -0.15) is 5.10 Å². The highest BCUT2D eigenvalue weighted by Crippen LogP contribution is 2.64. The maximum atomic E-state index is 11.4. The highest BCUT2D eigenvalue weighted by molar-refractivity contribution is 7.88. The van der Waals surface area contributed by atoms with Crippen LogP contribution < -0.4 is 4.83 Å². The van der Waals surface area contributed by atoms with Crippen molar-refractivity contribution in [3.05, 3.63) is 23.8 Å². The van der Waals surface area contributed by atoms with E-state index >= 15 is 0 Å². The number of oxime groups is 1. The van der Waals surface area contributed by atoms with E-state index in [0.717, 1.165) is 17.7 Å². The molecule has 6 nitrogen and oxygen atoms in total. The predicted molar refractivity (Wildman–Crippen MR) is 111 cm³/mol. The quantitative estimate of drug-likeness (QED) is 0.542. The Labute approximate surface area is 167 Å². The molecule has 0 aliphatic heterocycles. The predicted octanol–water partition coefficient (Wildman–Crippen LogP) is 3.71. The second-order valence-electron chi connectivity index (χ2n) is 9.77. The number of fused-ring (bicyclic) bond motifs is 5. The smallest absolute Gasteiger partial charge is 0.244 e. The third kappa shape index (κ3) is 2.93. The topological polar surface area (TPSA) is 91.1 Å². The standard InChI is InChI=1S/C21H31N3O3S/c1-13-5-8-16-15-7-6-14-11-18(22-24-28(4,26)27)19(23-25)12-21(14,3)17(15)9-10-20(13,16)2/h6-7,11,13,15-17,24-25H,5,8-10,12H2,1-4H3/t13-,15-,16-,17-,20+,21-/m0/s1. The Morgan fingerprint density at radius 3 is 2.64 bits per heavy atom. The summed E-state index contributed by atoms with van der Waals surface area (Å²) in [5, 5.41) is 17.1. The summed E-state index contributed by atoms with van der Waals surface area (Å²) in [5.41, 5.74) is 2.31. The molecule has 154 valence electrons. The monoisotopic (exact) mass is 405 g/mol. The van der Waals surface area contributed by atoms with E-state index in [2.05, 4.69) is 48.0 Å². The number of rotatable bonds is 2. The molecule has 6 atom stereocenters. The summed E-state index contributed by atoms with van der Waals surface area (Å²) >= 11 is 0. The molecule has 0 aromatic rings. The molecule has 2 N–H and O–H groups in total. The highest BCUT2D eigenvalue weighted by atomic mass is 32.2. The summed E-state index contributed by atoms with van der Waals surface area (Å²) in [7, 11) is -3.46. The molecule has 4 aliphatic rings. The fraction of sp³-hybridized carbons (Fsp3) is 0.714. The number of hydrogen-bond acceptors (Lipinski definition) is 5. The lowest BCUT2D eigenvalue weighted by Gasteiger charge is -2.56. The zero-order chi connectivity index (χ0) is 20.3. The molecule has 0 aromatic heterocycles. The van der Waals surface area contributed by atoms with E-state index in [1.807, 2.05) is 6.08 Å². The summed E-state index contributed by atoms with van der Waals surface area (Å²) in [5.74, 6) is 2.55. The van der Waals surface area contributed by atoms with Gasteiger partial charge < -0.3 is 5.21 Å². The normalized spacial score (nSPS) is 45.4. The molecule has 4 rings (SSSR count). The maximum absolute atomic E-state index is 11.4. The van der Waals surface area contributed by atoms with Gasteiger partial charge in [-0.25, -0.2) is 13.2 Å². The molecule has 7 heteroatoms. The van der Waals surface area contributed by atoms with Crippen molar-refractivity contribution in [1.82, 2.24) is 4.83 Å². The van der Waals surface area contributed by atoms with Crippen molar-refractivity contribution >= 4 is 21.4 Å². The van der Waals surface area contributed by atoms with Crippen molar-refractivity contribution in [2.75, 3.05) is 6.26 Å². The fourth-order valence-corrected chi connectivity index (χ4v) is 6.78. The van der Waals surface area contributed by atoms with Gasteiger partial charge in [0.15, 0.2) is 0 Å². The Kier molecular flexibility index (Phi) is 4.53. The van der Waals surface area contributed by atoms with E-state index < -0.39 is 10.0 Å². The molecule has 0 spiro atoms. The molecule has 0 unspecified atom stereocenters. The van der Waals surface area contributed by atoms with E-state index in [9.17, 15) is 13.6 Å². The van der Waals surface area contributed by atoms with E-state index in [4.69, 9.17) is 0 Å². The Balaban J connectivity index is 1.73. The van der Waals surface area contributed by atoms with E-state index in [0.29, 0.717) is 41.0 Å². The van der Waals surface area contributed by atoms with Crippen LogP contribution in [-0.2, 0) is 10.0 Å². The molecule has 4 aliphatic carbocycles. The van der Waals surface area contributed by atoms with Crippen LogP contribution in [0.25, 0.3) is 0 Å². The van der Waals surface area contributed by atoms with Crippen molar-refractivity contribution in [3.8, 4) is 0 Å². The van der Waals surface area contributed by atoms with Crippen LogP contribution in [0, 0.1) is 34.5 Å². The number of hydrogen-bond donors (Lipinski definition) is 2. The Bertz CT molecular complexity index is 904. The average Bonchev–Trinajstić information content (AvgIpc) is 2.93. The minimum atomic E-state index is -3.46. The van der Waals surface area contributed by atoms with Gasteiger partial charge in [0.2, 0.25) is 10.0 Å². The first-order chi connectivity index (χ1) is 13.1. The summed E-state index contributed by atoms with van der Waals surface area (Å²) in [6.07, 6.45) is 13.1. The second-order valence-corrected chi connectivity index (χ2v) is 11.5. The fourth-order valence-electron chi connectivity index (χ4n) is 6.52. The molecule has 0 aromatic carbocycles. The number of sulfonamides is 1. The summed E-state index contributed by atoms with van der Waals surface area (Å²) in [4.78, 5) is 2.16. The van der Waals surface area contributed by atoms with Gasteiger partial charge in [0.25, 0.3) is 0 Å². The highest BCUT2D eigenvalue weighted by Gasteiger charge is 2.57. The van der Waals surface area contributed by atoms with Gasteiger partial charge in [0.1, 0.15) is 11.4 Å². The molecule has 0 radical (unpaired) electrons.